The lowest BCUT2D eigenvalue weighted by Gasteiger charge is -1.97. The summed E-state index contributed by atoms with van der Waals surface area (Å²) in [5.41, 5.74) is 3.42. The number of esters is 1. The van der Waals surface area contributed by atoms with Crippen LogP contribution in [0.5, 0.6) is 0 Å². The number of ether oxygens (including phenoxy) is 1. The van der Waals surface area contributed by atoms with Gasteiger partial charge < -0.3 is 4.74 Å². The van der Waals surface area contributed by atoms with E-state index >= 15 is 0 Å². The number of hydrogen-bond donors (Lipinski definition) is 0. The first-order valence-corrected chi connectivity index (χ1v) is 5.23. The Morgan fingerprint density at radius 1 is 1.50 bits per heavy atom. The summed E-state index contributed by atoms with van der Waals surface area (Å²) in [6.07, 6.45) is 2.66. The normalized spacial score (nSPS) is 10.7. The highest BCUT2D eigenvalue weighted by atomic mass is 16.5. The van der Waals surface area contributed by atoms with E-state index in [-0.39, 0.29) is 5.97 Å². The number of hydrogen-bond acceptors (Lipinski definition) is 3. The third kappa shape index (κ3) is 1.56. The molecule has 2 rings (SSSR count). The Kier molecular flexibility index (Phi) is 2.64. The molecule has 4 heteroatoms. The molecular formula is C12H14N2O2. The molecule has 2 aromatic rings. The molecule has 0 aliphatic heterocycles. The third-order valence-corrected chi connectivity index (χ3v) is 2.61. The predicted molar refractivity (Wildman–Crippen MR) is 60.6 cm³/mol. The number of fused-ring (bicyclic) bond motifs is 1. The second-order valence-corrected chi connectivity index (χ2v) is 3.71. The maximum atomic E-state index is 11.5. The quantitative estimate of drug-likeness (QED) is 0.724. The fraction of sp³-hybridized carbons (Fsp3) is 0.333. The Hall–Kier alpha value is -1.84. The van der Waals surface area contributed by atoms with Crippen LogP contribution in [0.3, 0.4) is 0 Å². The van der Waals surface area contributed by atoms with Gasteiger partial charge in [0.2, 0.25) is 0 Å². The number of nitrogens with zero attached hydrogens (tertiary/aromatic N) is 2. The number of carbonyl (C=O) groups is 1. The lowest BCUT2D eigenvalue weighted by molar-refractivity contribution is 0.0592. The van der Waals surface area contributed by atoms with Gasteiger partial charge in [-0.25, -0.2) is 9.31 Å². The van der Waals surface area contributed by atoms with Gasteiger partial charge in [0.25, 0.3) is 0 Å². The van der Waals surface area contributed by atoms with Gasteiger partial charge in [-0.1, -0.05) is 13.0 Å². The van der Waals surface area contributed by atoms with E-state index in [2.05, 4.69) is 5.10 Å². The maximum Gasteiger partial charge on any atom is 0.358 e. The van der Waals surface area contributed by atoms with E-state index in [0.717, 1.165) is 23.1 Å². The van der Waals surface area contributed by atoms with Crippen LogP contribution in [-0.4, -0.2) is 22.7 Å². The fourth-order valence-corrected chi connectivity index (χ4v) is 1.81. The second kappa shape index (κ2) is 3.96. The van der Waals surface area contributed by atoms with Crippen LogP contribution in [0.25, 0.3) is 5.52 Å². The largest absolute Gasteiger partial charge is 0.464 e. The summed E-state index contributed by atoms with van der Waals surface area (Å²) in [5.74, 6) is -0.377. The van der Waals surface area contributed by atoms with Crippen LogP contribution in [0.4, 0.5) is 0 Å². The van der Waals surface area contributed by atoms with Gasteiger partial charge in [-0.2, -0.15) is 5.10 Å². The molecule has 0 aliphatic carbocycles. The van der Waals surface area contributed by atoms with E-state index in [9.17, 15) is 4.79 Å². The zero-order chi connectivity index (χ0) is 11.7. The number of aryl methyl sites for hydroxylation is 2. The van der Waals surface area contributed by atoms with E-state index < -0.39 is 0 Å². The van der Waals surface area contributed by atoms with Crippen LogP contribution in [0.15, 0.2) is 18.3 Å². The SMILES string of the molecule is CCc1c(C(=O)OC)nn2cc(C)ccc12. The van der Waals surface area contributed by atoms with Gasteiger partial charge in [-0.15, -0.1) is 0 Å². The third-order valence-electron chi connectivity index (χ3n) is 2.61. The topological polar surface area (TPSA) is 43.6 Å². The molecule has 4 nitrogen and oxygen atoms in total. The van der Waals surface area contributed by atoms with Crippen molar-refractivity contribution in [2.75, 3.05) is 7.11 Å². The number of pyridine rings is 1. The van der Waals surface area contributed by atoms with Gasteiger partial charge >= 0.3 is 5.97 Å². The molecule has 0 N–H and O–H groups in total. The van der Waals surface area contributed by atoms with Gasteiger partial charge in [0.1, 0.15) is 0 Å². The van der Waals surface area contributed by atoms with Gasteiger partial charge in [-0.05, 0) is 25.0 Å². The number of carbonyl (C=O) groups excluding carboxylic acids is 1. The monoisotopic (exact) mass is 218 g/mol. The summed E-state index contributed by atoms with van der Waals surface area (Å²) in [4.78, 5) is 11.5. The summed E-state index contributed by atoms with van der Waals surface area (Å²) >= 11 is 0. The van der Waals surface area contributed by atoms with Crippen molar-refractivity contribution in [1.29, 1.82) is 0 Å². The standard InChI is InChI=1S/C12H14N2O2/c1-4-9-10-6-5-8(2)7-14(10)13-11(9)12(15)16-3/h5-7H,4H2,1-3H3. The first kappa shape index (κ1) is 10.7. The van der Waals surface area contributed by atoms with E-state index in [4.69, 9.17) is 4.74 Å². The van der Waals surface area contributed by atoms with Crippen molar-refractivity contribution in [1.82, 2.24) is 9.61 Å². The Bertz CT molecular complexity index is 543. The molecule has 0 spiro atoms. The van der Waals surface area contributed by atoms with E-state index in [1.165, 1.54) is 7.11 Å². The molecule has 0 unspecified atom stereocenters. The van der Waals surface area contributed by atoms with Crippen molar-refractivity contribution < 1.29 is 9.53 Å². The maximum absolute atomic E-state index is 11.5. The van der Waals surface area contributed by atoms with Crippen molar-refractivity contribution >= 4 is 11.5 Å². The molecule has 0 amide bonds. The summed E-state index contributed by atoms with van der Waals surface area (Å²) in [7, 11) is 1.37. The van der Waals surface area contributed by atoms with Crippen LogP contribution >= 0.6 is 0 Å². The summed E-state index contributed by atoms with van der Waals surface area (Å²) < 4.78 is 6.46. The van der Waals surface area contributed by atoms with Gasteiger partial charge in [0, 0.05) is 11.8 Å². The van der Waals surface area contributed by atoms with E-state index in [0.29, 0.717) is 5.69 Å². The number of methoxy groups -OCH3 is 1. The zero-order valence-corrected chi connectivity index (χ0v) is 9.65. The Labute approximate surface area is 93.8 Å². The number of rotatable bonds is 2. The average Bonchev–Trinajstić information content (AvgIpc) is 2.65. The first-order valence-electron chi connectivity index (χ1n) is 5.23. The average molecular weight is 218 g/mol. The van der Waals surface area contributed by atoms with Crippen molar-refractivity contribution in [3.8, 4) is 0 Å². The van der Waals surface area contributed by atoms with Crippen molar-refractivity contribution in [2.24, 2.45) is 0 Å². The van der Waals surface area contributed by atoms with Crippen molar-refractivity contribution in [3.63, 3.8) is 0 Å². The Morgan fingerprint density at radius 2 is 2.25 bits per heavy atom. The summed E-state index contributed by atoms with van der Waals surface area (Å²) in [6, 6.07) is 3.99. The lowest BCUT2D eigenvalue weighted by atomic mass is 10.1. The molecule has 0 aromatic carbocycles. The Balaban J connectivity index is 2.70. The molecule has 0 bridgehead atoms. The molecule has 0 saturated heterocycles. The lowest BCUT2D eigenvalue weighted by Crippen LogP contribution is -2.04. The summed E-state index contributed by atoms with van der Waals surface area (Å²) in [6.45, 7) is 3.99. The minimum atomic E-state index is -0.377. The molecular weight excluding hydrogens is 204 g/mol. The highest BCUT2D eigenvalue weighted by Crippen LogP contribution is 2.18. The smallest absolute Gasteiger partial charge is 0.358 e. The predicted octanol–water partition coefficient (Wildman–Crippen LogP) is 1.99. The second-order valence-electron chi connectivity index (χ2n) is 3.71. The van der Waals surface area contributed by atoms with Crippen LogP contribution in [0.2, 0.25) is 0 Å². The fourth-order valence-electron chi connectivity index (χ4n) is 1.81. The van der Waals surface area contributed by atoms with Crippen molar-refractivity contribution in [3.05, 3.63) is 35.2 Å². The minimum Gasteiger partial charge on any atom is -0.464 e. The molecule has 0 aliphatic rings. The molecule has 0 radical (unpaired) electrons. The zero-order valence-electron chi connectivity index (χ0n) is 9.65. The van der Waals surface area contributed by atoms with Crippen LogP contribution in [-0.2, 0) is 11.2 Å². The van der Waals surface area contributed by atoms with E-state index in [1.807, 2.05) is 32.2 Å². The van der Waals surface area contributed by atoms with Crippen LogP contribution < -0.4 is 0 Å². The van der Waals surface area contributed by atoms with Crippen LogP contribution in [0, 0.1) is 6.92 Å². The van der Waals surface area contributed by atoms with Crippen molar-refractivity contribution in [2.45, 2.75) is 20.3 Å². The van der Waals surface area contributed by atoms with Gasteiger partial charge in [0.05, 0.1) is 12.6 Å². The summed E-state index contributed by atoms with van der Waals surface area (Å²) in [5, 5.41) is 4.26. The first-order chi connectivity index (χ1) is 7.67. The van der Waals surface area contributed by atoms with Crippen LogP contribution in [0.1, 0.15) is 28.5 Å². The number of aromatic nitrogens is 2. The van der Waals surface area contributed by atoms with Gasteiger partial charge in [0.15, 0.2) is 5.69 Å². The molecule has 2 aromatic heterocycles. The molecule has 0 saturated carbocycles. The molecule has 0 fully saturated rings. The Morgan fingerprint density at radius 3 is 2.88 bits per heavy atom. The highest BCUT2D eigenvalue weighted by Gasteiger charge is 2.18. The highest BCUT2D eigenvalue weighted by molar-refractivity contribution is 5.91. The molecule has 84 valence electrons. The van der Waals surface area contributed by atoms with Gasteiger partial charge in [-0.3, -0.25) is 0 Å². The molecule has 0 atom stereocenters. The molecule has 16 heavy (non-hydrogen) atoms. The minimum absolute atomic E-state index is 0.377. The van der Waals surface area contributed by atoms with E-state index in [1.54, 1.807) is 4.52 Å². The molecule has 2 heterocycles.